The molecule has 146 valence electrons. The van der Waals surface area contributed by atoms with Gasteiger partial charge in [0.15, 0.2) is 6.61 Å². The second kappa shape index (κ2) is 8.43. The van der Waals surface area contributed by atoms with Crippen molar-refractivity contribution in [2.24, 2.45) is 5.92 Å². The monoisotopic (exact) mass is 395 g/mol. The fraction of sp³-hybridized carbons (Fsp3) is 0.500. The molecule has 9 heteroatoms. The Bertz CT molecular complexity index is 783. The van der Waals surface area contributed by atoms with E-state index in [1.165, 1.54) is 18.4 Å². The van der Waals surface area contributed by atoms with Gasteiger partial charge in [-0.2, -0.15) is 0 Å². The lowest BCUT2D eigenvalue weighted by Crippen LogP contribution is -2.24. The Morgan fingerprint density at radius 2 is 2.11 bits per heavy atom. The van der Waals surface area contributed by atoms with Gasteiger partial charge in [0.25, 0.3) is 5.91 Å². The number of fused-ring (bicyclic) bond motifs is 1. The summed E-state index contributed by atoms with van der Waals surface area (Å²) >= 11 is 1.37. The zero-order valence-corrected chi connectivity index (χ0v) is 16.0. The third kappa shape index (κ3) is 4.41. The Hall–Kier alpha value is -2.55. The van der Waals surface area contributed by atoms with Crippen LogP contribution in [0, 0.1) is 5.92 Å². The summed E-state index contributed by atoms with van der Waals surface area (Å²) in [6, 6.07) is 0. The number of carbonyl (C=O) groups is 3. The van der Waals surface area contributed by atoms with Crippen LogP contribution in [0.3, 0.4) is 0 Å². The van der Waals surface area contributed by atoms with Gasteiger partial charge in [-0.15, -0.1) is 11.3 Å². The highest BCUT2D eigenvalue weighted by Crippen LogP contribution is 2.40. The van der Waals surface area contributed by atoms with Gasteiger partial charge in [-0.25, -0.2) is 9.59 Å². The van der Waals surface area contributed by atoms with Gasteiger partial charge >= 0.3 is 11.9 Å². The van der Waals surface area contributed by atoms with Crippen LogP contribution in [0.15, 0.2) is 12.0 Å². The van der Waals surface area contributed by atoms with Crippen LogP contribution in [0.1, 0.15) is 34.1 Å². The molecule has 1 atom stereocenters. The van der Waals surface area contributed by atoms with Crippen LogP contribution in [0.25, 0.3) is 0 Å². The first-order chi connectivity index (χ1) is 13.0. The Labute approximate surface area is 160 Å². The SMILES string of the molecule is COC(=O)c1c(NC(=O)COC(=O)C2=COCCO2)sc2c1CC[C@H](C)C2. The highest BCUT2D eigenvalue weighted by atomic mass is 32.1. The largest absolute Gasteiger partial charge is 0.493 e. The average molecular weight is 395 g/mol. The standard InChI is InChI=1S/C18H21NO7S/c1-10-3-4-11-13(7-10)27-16(15(11)18(22)23-2)19-14(20)9-26-17(21)12-8-24-5-6-25-12/h8,10H,3-7,9H2,1-2H3,(H,19,20)/t10-/m0/s1. The molecule has 0 aromatic carbocycles. The minimum absolute atomic E-state index is 0.0788. The minimum atomic E-state index is -0.780. The summed E-state index contributed by atoms with van der Waals surface area (Å²) in [5, 5.41) is 3.10. The summed E-state index contributed by atoms with van der Waals surface area (Å²) in [6.45, 7) is 2.26. The number of anilines is 1. The van der Waals surface area contributed by atoms with Crippen LogP contribution in [-0.2, 0) is 41.4 Å². The molecule has 0 fully saturated rings. The fourth-order valence-corrected chi connectivity index (χ4v) is 4.41. The molecule has 3 rings (SSSR count). The third-order valence-electron chi connectivity index (χ3n) is 4.34. The first-order valence-corrected chi connectivity index (χ1v) is 9.45. The van der Waals surface area contributed by atoms with E-state index in [0.29, 0.717) is 23.1 Å². The maximum Gasteiger partial charge on any atom is 0.377 e. The van der Waals surface area contributed by atoms with E-state index in [0.717, 1.165) is 36.0 Å². The number of esters is 2. The second-order valence-corrected chi connectivity index (χ2v) is 7.48. The van der Waals surface area contributed by atoms with Crippen molar-refractivity contribution in [2.45, 2.75) is 26.2 Å². The highest BCUT2D eigenvalue weighted by molar-refractivity contribution is 7.17. The molecule has 8 nitrogen and oxygen atoms in total. The number of amides is 1. The lowest BCUT2D eigenvalue weighted by atomic mass is 9.88. The van der Waals surface area contributed by atoms with E-state index in [1.54, 1.807) is 0 Å². The number of hydrogen-bond acceptors (Lipinski definition) is 8. The molecule has 1 aliphatic carbocycles. The van der Waals surface area contributed by atoms with E-state index in [9.17, 15) is 14.4 Å². The number of rotatable bonds is 5. The minimum Gasteiger partial charge on any atom is -0.493 e. The molecule has 2 aliphatic rings. The van der Waals surface area contributed by atoms with Gasteiger partial charge in [0.2, 0.25) is 5.76 Å². The third-order valence-corrected chi connectivity index (χ3v) is 5.51. The maximum absolute atomic E-state index is 12.2. The smallest absolute Gasteiger partial charge is 0.377 e. The Balaban J connectivity index is 1.67. The first-order valence-electron chi connectivity index (χ1n) is 8.64. The molecule has 0 radical (unpaired) electrons. The molecule has 1 aromatic rings. The van der Waals surface area contributed by atoms with E-state index in [2.05, 4.69) is 12.2 Å². The molecule has 1 aliphatic heterocycles. The van der Waals surface area contributed by atoms with Crippen LogP contribution in [0.4, 0.5) is 5.00 Å². The van der Waals surface area contributed by atoms with E-state index in [-0.39, 0.29) is 12.4 Å². The molecule has 0 saturated heterocycles. The molecular weight excluding hydrogens is 374 g/mol. The van der Waals surface area contributed by atoms with Gasteiger partial charge in [-0.1, -0.05) is 6.92 Å². The van der Waals surface area contributed by atoms with Crippen LogP contribution < -0.4 is 5.32 Å². The summed E-state index contributed by atoms with van der Waals surface area (Å²) in [7, 11) is 1.31. The summed E-state index contributed by atoms with van der Waals surface area (Å²) < 4.78 is 19.9. The van der Waals surface area contributed by atoms with E-state index < -0.39 is 24.5 Å². The van der Waals surface area contributed by atoms with Gasteiger partial charge in [-0.3, -0.25) is 4.79 Å². The zero-order chi connectivity index (χ0) is 19.4. The number of thiophene rings is 1. The molecule has 0 saturated carbocycles. The molecular formula is C18H21NO7S. The first kappa shape index (κ1) is 19.2. The van der Waals surface area contributed by atoms with Crippen molar-refractivity contribution < 1.29 is 33.3 Å². The van der Waals surface area contributed by atoms with Crippen LogP contribution >= 0.6 is 11.3 Å². The van der Waals surface area contributed by atoms with Gasteiger partial charge in [0, 0.05) is 4.88 Å². The summed E-state index contributed by atoms with van der Waals surface area (Å²) in [5.41, 5.74) is 1.34. The second-order valence-electron chi connectivity index (χ2n) is 6.37. The molecule has 0 bridgehead atoms. The van der Waals surface area contributed by atoms with Crippen molar-refractivity contribution in [3.8, 4) is 0 Å². The van der Waals surface area contributed by atoms with Crippen LogP contribution in [-0.4, -0.2) is 44.8 Å². The molecule has 1 N–H and O–H groups in total. The predicted molar refractivity (Wildman–Crippen MR) is 96.4 cm³/mol. The van der Waals surface area contributed by atoms with Crippen molar-refractivity contribution in [3.63, 3.8) is 0 Å². The van der Waals surface area contributed by atoms with Crippen molar-refractivity contribution in [1.29, 1.82) is 0 Å². The fourth-order valence-electron chi connectivity index (χ4n) is 3.00. The van der Waals surface area contributed by atoms with Crippen LogP contribution in [0.2, 0.25) is 0 Å². The molecule has 1 aromatic heterocycles. The average Bonchev–Trinajstić information content (AvgIpc) is 3.02. The topological polar surface area (TPSA) is 100 Å². The Kier molecular flexibility index (Phi) is 6.00. The van der Waals surface area contributed by atoms with E-state index in [1.807, 2.05) is 0 Å². The van der Waals surface area contributed by atoms with Gasteiger partial charge in [0.1, 0.15) is 24.5 Å². The molecule has 27 heavy (non-hydrogen) atoms. The Morgan fingerprint density at radius 3 is 2.81 bits per heavy atom. The number of ether oxygens (including phenoxy) is 4. The molecule has 1 amide bonds. The number of hydrogen-bond donors (Lipinski definition) is 1. The molecule has 0 spiro atoms. The zero-order valence-electron chi connectivity index (χ0n) is 15.2. The van der Waals surface area contributed by atoms with Crippen molar-refractivity contribution in [1.82, 2.24) is 0 Å². The van der Waals surface area contributed by atoms with E-state index >= 15 is 0 Å². The van der Waals surface area contributed by atoms with Gasteiger partial charge < -0.3 is 24.3 Å². The van der Waals surface area contributed by atoms with E-state index in [4.69, 9.17) is 18.9 Å². The summed E-state index contributed by atoms with van der Waals surface area (Å²) in [5.74, 6) is -1.36. The molecule has 2 heterocycles. The molecule has 0 unspecified atom stereocenters. The normalized spacial score (nSPS) is 18.3. The number of methoxy groups -OCH3 is 1. The van der Waals surface area contributed by atoms with Gasteiger partial charge in [-0.05, 0) is 30.7 Å². The number of nitrogens with one attached hydrogen (secondary N) is 1. The van der Waals surface area contributed by atoms with Crippen molar-refractivity contribution >= 4 is 34.2 Å². The Morgan fingerprint density at radius 1 is 1.30 bits per heavy atom. The van der Waals surface area contributed by atoms with Crippen LogP contribution in [0.5, 0.6) is 0 Å². The predicted octanol–water partition coefficient (Wildman–Crippen LogP) is 2.03. The lowest BCUT2D eigenvalue weighted by molar-refractivity contribution is -0.148. The number of carbonyl (C=O) groups excluding carboxylic acids is 3. The van der Waals surface area contributed by atoms with Gasteiger partial charge in [0.05, 0.1) is 12.7 Å². The lowest BCUT2D eigenvalue weighted by Gasteiger charge is -2.18. The summed E-state index contributed by atoms with van der Waals surface area (Å²) in [4.78, 5) is 37.3. The van der Waals surface area contributed by atoms with Crippen molar-refractivity contribution in [2.75, 3.05) is 32.2 Å². The summed E-state index contributed by atoms with van der Waals surface area (Å²) in [6.07, 6.45) is 3.78. The van der Waals surface area contributed by atoms with Crippen molar-refractivity contribution in [3.05, 3.63) is 28.0 Å². The highest BCUT2D eigenvalue weighted by Gasteiger charge is 2.29. The quantitative estimate of drug-likeness (QED) is 0.762. The maximum atomic E-state index is 12.2.